The zero-order valence-corrected chi connectivity index (χ0v) is 25.9. The van der Waals surface area contributed by atoms with Gasteiger partial charge in [-0.2, -0.15) is 18.3 Å². The van der Waals surface area contributed by atoms with Gasteiger partial charge in [0, 0.05) is 23.2 Å². The highest BCUT2D eigenvalue weighted by molar-refractivity contribution is 5.94. The minimum absolute atomic E-state index is 0.00921. The molecule has 1 amide bonds. The SMILES string of the molecule is COc1ccc(C(F)(F)F)cc1-c1cc(-c2ccc3cc(C(C)C)ccc3c2)n([C@@H](C)c2ccc(C(=O)NCCC(=O)O)cc2)n1. The minimum atomic E-state index is -4.55. The van der Waals surface area contributed by atoms with Crippen molar-refractivity contribution in [2.24, 2.45) is 0 Å². The highest BCUT2D eigenvalue weighted by Gasteiger charge is 2.32. The summed E-state index contributed by atoms with van der Waals surface area (Å²) in [6.45, 7) is 6.20. The molecule has 0 saturated carbocycles. The summed E-state index contributed by atoms with van der Waals surface area (Å²) in [6.07, 6.45) is -4.73. The lowest BCUT2D eigenvalue weighted by molar-refractivity contribution is -0.138. The molecule has 0 aliphatic carbocycles. The topological polar surface area (TPSA) is 93.5 Å². The molecule has 0 fully saturated rings. The van der Waals surface area contributed by atoms with E-state index in [2.05, 4.69) is 37.4 Å². The fourth-order valence-electron chi connectivity index (χ4n) is 5.34. The number of carboxylic acid groups (broad SMARTS) is 1. The van der Waals surface area contributed by atoms with Crippen molar-refractivity contribution in [3.05, 3.63) is 107 Å². The number of ether oxygens (including phenoxy) is 1. The number of aliphatic carboxylic acids is 1. The maximum absolute atomic E-state index is 13.7. The normalized spacial score (nSPS) is 12.3. The number of carbonyl (C=O) groups excluding carboxylic acids is 1. The van der Waals surface area contributed by atoms with E-state index in [1.54, 1.807) is 35.0 Å². The number of halogens is 3. The molecule has 5 aromatic rings. The predicted octanol–water partition coefficient (Wildman–Crippen LogP) is 8.33. The van der Waals surface area contributed by atoms with Gasteiger partial charge in [0.05, 0.1) is 36.5 Å². The Balaban J connectivity index is 1.59. The van der Waals surface area contributed by atoms with Crippen molar-refractivity contribution in [3.8, 4) is 28.3 Å². The van der Waals surface area contributed by atoms with Crippen LogP contribution in [0.1, 0.15) is 66.2 Å². The van der Waals surface area contributed by atoms with E-state index in [1.807, 2.05) is 25.1 Å². The maximum atomic E-state index is 13.7. The van der Waals surface area contributed by atoms with E-state index in [4.69, 9.17) is 14.9 Å². The molecule has 0 aliphatic rings. The van der Waals surface area contributed by atoms with Crippen LogP contribution in [0.5, 0.6) is 5.75 Å². The van der Waals surface area contributed by atoms with Crippen LogP contribution in [0.4, 0.5) is 13.2 Å². The summed E-state index contributed by atoms with van der Waals surface area (Å²) in [5.74, 6) is -0.766. The van der Waals surface area contributed by atoms with Crippen molar-refractivity contribution in [1.82, 2.24) is 15.1 Å². The molecule has 0 unspecified atom stereocenters. The van der Waals surface area contributed by atoms with Gasteiger partial charge < -0.3 is 15.2 Å². The van der Waals surface area contributed by atoms with E-state index in [0.29, 0.717) is 22.9 Å². The number of fused-ring (bicyclic) bond motifs is 1. The van der Waals surface area contributed by atoms with Crippen molar-refractivity contribution in [1.29, 1.82) is 0 Å². The predicted molar refractivity (Wildman–Crippen MR) is 171 cm³/mol. The van der Waals surface area contributed by atoms with Gasteiger partial charge in [0.1, 0.15) is 5.75 Å². The van der Waals surface area contributed by atoms with Crippen LogP contribution in [-0.2, 0) is 11.0 Å². The summed E-state index contributed by atoms with van der Waals surface area (Å²) < 4.78 is 48.4. The number of hydrogen-bond acceptors (Lipinski definition) is 4. The lowest BCUT2D eigenvalue weighted by atomic mass is 9.97. The average molecular weight is 630 g/mol. The number of methoxy groups -OCH3 is 1. The standard InChI is InChI=1S/C36H34F3N3O4/c1-21(2)25-9-10-27-18-28(12-11-26(27)17-25)32-20-31(30-19-29(36(37,38)39)13-14-33(30)46-4)41-42(32)22(3)23-5-7-24(8-6-23)35(45)40-16-15-34(43)44/h5-14,17-22H,15-16H2,1-4H3,(H,40,45)(H,43,44)/t22-/m0/s1. The Kier molecular flexibility index (Phi) is 9.18. The quantitative estimate of drug-likeness (QED) is 0.162. The number of nitrogens with one attached hydrogen (secondary N) is 1. The molecule has 0 saturated heterocycles. The lowest BCUT2D eigenvalue weighted by Gasteiger charge is -2.17. The highest BCUT2D eigenvalue weighted by atomic mass is 19.4. The van der Waals surface area contributed by atoms with Crippen LogP contribution in [0.2, 0.25) is 0 Å². The first-order chi connectivity index (χ1) is 21.8. The molecule has 2 N–H and O–H groups in total. The van der Waals surface area contributed by atoms with E-state index in [9.17, 15) is 22.8 Å². The van der Waals surface area contributed by atoms with E-state index >= 15 is 0 Å². The van der Waals surface area contributed by atoms with Crippen LogP contribution in [0, 0.1) is 0 Å². The van der Waals surface area contributed by atoms with Gasteiger partial charge in [0.25, 0.3) is 5.91 Å². The molecule has 46 heavy (non-hydrogen) atoms. The number of benzene rings is 4. The molecule has 1 aromatic heterocycles. The monoisotopic (exact) mass is 629 g/mol. The third-order valence-corrected chi connectivity index (χ3v) is 8.01. The summed E-state index contributed by atoms with van der Waals surface area (Å²) >= 11 is 0. The Labute approximate surface area is 264 Å². The van der Waals surface area contributed by atoms with Crippen molar-refractivity contribution in [2.45, 2.75) is 45.3 Å². The third-order valence-electron chi connectivity index (χ3n) is 8.01. The van der Waals surface area contributed by atoms with Gasteiger partial charge in [0.2, 0.25) is 0 Å². The molecular formula is C36H34F3N3O4. The van der Waals surface area contributed by atoms with Gasteiger partial charge in [-0.15, -0.1) is 0 Å². The molecule has 1 heterocycles. The van der Waals surface area contributed by atoms with Gasteiger partial charge in [-0.25, -0.2) is 0 Å². The Morgan fingerprint density at radius 3 is 2.22 bits per heavy atom. The van der Waals surface area contributed by atoms with E-state index in [1.165, 1.54) is 18.7 Å². The van der Waals surface area contributed by atoms with Crippen LogP contribution in [0.15, 0.2) is 84.9 Å². The molecule has 238 valence electrons. The Bertz CT molecular complexity index is 1900. The molecule has 10 heteroatoms. The van der Waals surface area contributed by atoms with E-state index in [-0.39, 0.29) is 30.3 Å². The fourth-order valence-corrected chi connectivity index (χ4v) is 5.34. The number of aromatic nitrogens is 2. The van der Waals surface area contributed by atoms with Gasteiger partial charge in [-0.05, 0) is 77.2 Å². The molecule has 1 atom stereocenters. The van der Waals surface area contributed by atoms with Crippen molar-refractivity contribution >= 4 is 22.6 Å². The Morgan fingerprint density at radius 1 is 0.891 bits per heavy atom. The summed E-state index contributed by atoms with van der Waals surface area (Å²) in [5, 5.41) is 18.3. The zero-order valence-electron chi connectivity index (χ0n) is 25.9. The largest absolute Gasteiger partial charge is 0.496 e. The van der Waals surface area contributed by atoms with Crippen LogP contribution in [-0.4, -0.2) is 40.4 Å². The number of hydrogen-bond donors (Lipinski definition) is 2. The summed E-state index contributed by atoms with van der Waals surface area (Å²) in [4.78, 5) is 23.3. The van der Waals surface area contributed by atoms with Crippen LogP contribution in [0.3, 0.4) is 0 Å². The molecule has 0 bridgehead atoms. The second-order valence-corrected chi connectivity index (χ2v) is 11.4. The lowest BCUT2D eigenvalue weighted by Crippen LogP contribution is -2.26. The first kappa shape index (κ1) is 32.3. The number of rotatable bonds is 10. The van der Waals surface area contributed by atoms with E-state index in [0.717, 1.165) is 34.0 Å². The molecule has 7 nitrogen and oxygen atoms in total. The molecule has 0 spiro atoms. The first-order valence-electron chi connectivity index (χ1n) is 14.8. The maximum Gasteiger partial charge on any atom is 0.416 e. The van der Waals surface area contributed by atoms with E-state index < -0.39 is 23.6 Å². The van der Waals surface area contributed by atoms with Crippen LogP contribution < -0.4 is 10.1 Å². The Hall–Kier alpha value is -5.12. The van der Waals surface area contributed by atoms with Crippen molar-refractivity contribution in [2.75, 3.05) is 13.7 Å². The smallest absolute Gasteiger partial charge is 0.416 e. The van der Waals surface area contributed by atoms with Crippen molar-refractivity contribution in [3.63, 3.8) is 0 Å². The number of carbonyl (C=O) groups is 2. The number of amides is 1. The number of carboxylic acids is 1. The van der Waals surface area contributed by atoms with Gasteiger partial charge in [0.15, 0.2) is 0 Å². The first-order valence-corrected chi connectivity index (χ1v) is 14.8. The number of alkyl halides is 3. The zero-order chi connectivity index (χ0) is 33.2. The van der Waals surface area contributed by atoms with Crippen molar-refractivity contribution < 1.29 is 32.6 Å². The fraction of sp³-hybridized carbons (Fsp3) is 0.250. The highest BCUT2D eigenvalue weighted by Crippen LogP contribution is 2.39. The molecule has 4 aromatic carbocycles. The Morgan fingerprint density at radius 2 is 1.57 bits per heavy atom. The third kappa shape index (κ3) is 6.91. The average Bonchev–Trinajstić information content (AvgIpc) is 3.48. The van der Waals surface area contributed by atoms with Gasteiger partial charge in [-0.3, -0.25) is 14.3 Å². The second-order valence-electron chi connectivity index (χ2n) is 11.4. The van der Waals surface area contributed by atoms with Crippen LogP contribution >= 0.6 is 0 Å². The second kappa shape index (κ2) is 13.1. The summed E-state index contributed by atoms with van der Waals surface area (Å²) in [7, 11) is 1.40. The summed E-state index contributed by atoms with van der Waals surface area (Å²) in [5.41, 5.74) is 3.62. The molecule has 0 radical (unpaired) electrons. The molecule has 0 aliphatic heterocycles. The van der Waals surface area contributed by atoms with Gasteiger partial charge in [-0.1, -0.05) is 56.3 Å². The number of nitrogens with zero attached hydrogens (tertiary/aromatic N) is 2. The molecule has 5 rings (SSSR count). The summed E-state index contributed by atoms with van der Waals surface area (Å²) in [6, 6.07) is 23.9. The van der Waals surface area contributed by atoms with Crippen LogP contribution in [0.25, 0.3) is 33.3 Å². The minimum Gasteiger partial charge on any atom is -0.496 e. The van der Waals surface area contributed by atoms with Gasteiger partial charge >= 0.3 is 12.1 Å². The molecular weight excluding hydrogens is 595 g/mol.